The standard InChI is InChI=1S/C10H18O4/c1-7-8(11)6-13-5-4-9(7)14-10(2,3)12/h4-5,7-9,11-12H,6H2,1-3H3/t7-,8-,9?/m1/s1. The molecule has 14 heavy (non-hydrogen) atoms. The average Bonchev–Trinajstić information content (AvgIpc) is 2.17. The molecule has 0 aromatic heterocycles. The van der Waals surface area contributed by atoms with Gasteiger partial charge in [0.05, 0.1) is 18.5 Å². The van der Waals surface area contributed by atoms with Crippen molar-refractivity contribution in [3.63, 3.8) is 0 Å². The Morgan fingerprint density at radius 3 is 2.71 bits per heavy atom. The third-order valence-electron chi connectivity index (χ3n) is 2.18. The van der Waals surface area contributed by atoms with Crippen LogP contribution in [0.2, 0.25) is 0 Å². The molecule has 0 saturated carbocycles. The molecule has 1 aliphatic rings. The van der Waals surface area contributed by atoms with E-state index in [4.69, 9.17) is 9.47 Å². The molecule has 0 aromatic rings. The van der Waals surface area contributed by atoms with E-state index in [-0.39, 0.29) is 18.6 Å². The fraction of sp³-hybridized carbons (Fsp3) is 0.800. The Hall–Kier alpha value is -0.580. The van der Waals surface area contributed by atoms with E-state index in [1.165, 1.54) is 6.26 Å². The molecule has 82 valence electrons. The van der Waals surface area contributed by atoms with E-state index >= 15 is 0 Å². The molecule has 4 nitrogen and oxygen atoms in total. The predicted molar refractivity (Wildman–Crippen MR) is 51.4 cm³/mol. The number of ether oxygens (including phenoxy) is 2. The van der Waals surface area contributed by atoms with Crippen LogP contribution in [0.3, 0.4) is 0 Å². The van der Waals surface area contributed by atoms with Crippen LogP contribution in [0.15, 0.2) is 12.3 Å². The lowest BCUT2D eigenvalue weighted by molar-refractivity contribution is -0.209. The van der Waals surface area contributed by atoms with E-state index in [0.717, 1.165) is 0 Å². The van der Waals surface area contributed by atoms with Crippen LogP contribution in [0.25, 0.3) is 0 Å². The van der Waals surface area contributed by atoms with Gasteiger partial charge in [-0.2, -0.15) is 0 Å². The molecule has 0 spiro atoms. The van der Waals surface area contributed by atoms with Crippen molar-refractivity contribution in [1.82, 2.24) is 0 Å². The summed E-state index contributed by atoms with van der Waals surface area (Å²) < 4.78 is 10.4. The monoisotopic (exact) mass is 202 g/mol. The van der Waals surface area contributed by atoms with Gasteiger partial charge in [-0.15, -0.1) is 0 Å². The van der Waals surface area contributed by atoms with E-state index in [0.29, 0.717) is 0 Å². The number of rotatable bonds is 2. The molecule has 0 saturated heterocycles. The van der Waals surface area contributed by atoms with Crippen molar-refractivity contribution in [1.29, 1.82) is 0 Å². The highest BCUT2D eigenvalue weighted by Crippen LogP contribution is 2.21. The maximum Gasteiger partial charge on any atom is 0.160 e. The molecule has 0 aliphatic carbocycles. The van der Waals surface area contributed by atoms with Gasteiger partial charge in [0.1, 0.15) is 6.61 Å². The number of hydrogen-bond acceptors (Lipinski definition) is 4. The van der Waals surface area contributed by atoms with Crippen LogP contribution in [-0.2, 0) is 9.47 Å². The quantitative estimate of drug-likeness (QED) is 0.645. The summed E-state index contributed by atoms with van der Waals surface area (Å²) in [6.07, 6.45) is 2.31. The van der Waals surface area contributed by atoms with Gasteiger partial charge in [0.25, 0.3) is 0 Å². The smallest absolute Gasteiger partial charge is 0.160 e. The molecule has 2 N–H and O–H groups in total. The van der Waals surface area contributed by atoms with Gasteiger partial charge < -0.3 is 19.7 Å². The lowest BCUT2D eigenvalue weighted by atomic mass is 9.99. The highest BCUT2D eigenvalue weighted by molar-refractivity contribution is 4.93. The van der Waals surface area contributed by atoms with E-state index in [9.17, 15) is 10.2 Å². The van der Waals surface area contributed by atoms with Crippen molar-refractivity contribution >= 4 is 0 Å². The topological polar surface area (TPSA) is 58.9 Å². The molecule has 1 heterocycles. The van der Waals surface area contributed by atoms with Crippen LogP contribution in [0.4, 0.5) is 0 Å². The minimum Gasteiger partial charge on any atom is -0.499 e. The molecule has 4 heteroatoms. The summed E-state index contributed by atoms with van der Waals surface area (Å²) in [7, 11) is 0. The molecule has 0 aromatic carbocycles. The lowest BCUT2D eigenvalue weighted by Gasteiger charge is -2.29. The molecule has 0 radical (unpaired) electrons. The van der Waals surface area contributed by atoms with Gasteiger partial charge in [-0.05, 0) is 19.9 Å². The van der Waals surface area contributed by atoms with Crippen molar-refractivity contribution in [3.8, 4) is 0 Å². The van der Waals surface area contributed by atoms with Gasteiger partial charge in [-0.25, -0.2) is 0 Å². The zero-order valence-electron chi connectivity index (χ0n) is 8.80. The Balaban J connectivity index is 2.64. The van der Waals surface area contributed by atoms with Crippen molar-refractivity contribution in [2.45, 2.75) is 38.8 Å². The molecule has 0 fully saturated rings. The molecular weight excluding hydrogens is 184 g/mol. The maximum absolute atomic E-state index is 9.60. The molecule has 1 aliphatic heterocycles. The fourth-order valence-corrected chi connectivity index (χ4v) is 1.31. The highest BCUT2D eigenvalue weighted by Gasteiger charge is 2.29. The van der Waals surface area contributed by atoms with Crippen LogP contribution in [0.1, 0.15) is 20.8 Å². The van der Waals surface area contributed by atoms with Crippen LogP contribution < -0.4 is 0 Å². The van der Waals surface area contributed by atoms with Gasteiger partial charge >= 0.3 is 0 Å². The Morgan fingerprint density at radius 1 is 1.50 bits per heavy atom. The fourth-order valence-electron chi connectivity index (χ4n) is 1.31. The van der Waals surface area contributed by atoms with Gasteiger partial charge in [0.2, 0.25) is 0 Å². The maximum atomic E-state index is 9.60. The summed E-state index contributed by atoms with van der Waals surface area (Å²) >= 11 is 0. The summed E-state index contributed by atoms with van der Waals surface area (Å²) in [4.78, 5) is 0. The minimum absolute atomic E-state index is 0.0971. The third kappa shape index (κ3) is 3.29. The first-order valence-corrected chi connectivity index (χ1v) is 4.76. The average molecular weight is 202 g/mol. The van der Waals surface area contributed by atoms with Crippen LogP contribution >= 0.6 is 0 Å². The molecule has 1 rings (SSSR count). The second kappa shape index (κ2) is 4.29. The lowest BCUT2D eigenvalue weighted by Crippen LogP contribution is -2.37. The van der Waals surface area contributed by atoms with Crippen LogP contribution in [0.5, 0.6) is 0 Å². The minimum atomic E-state index is -1.20. The van der Waals surface area contributed by atoms with Crippen molar-refractivity contribution in [3.05, 3.63) is 12.3 Å². The van der Waals surface area contributed by atoms with E-state index in [1.807, 2.05) is 6.92 Å². The summed E-state index contributed by atoms with van der Waals surface area (Å²) in [5.41, 5.74) is 0. The van der Waals surface area contributed by atoms with E-state index in [2.05, 4.69) is 0 Å². The highest BCUT2D eigenvalue weighted by atomic mass is 16.6. The molecule has 3 atom stereocenters. The van der Waals surface area contributed by atoms with Gasteiger partial charge in [0, 0.05) is 5.92 Å². The van der Waals surface area contributed by atoms with Crippen molar-refractivity contribution in [2.24, 2.45) is 5.92 Å². The SMILES string of the molecule is C[C@H]1C(OC(C)(C)O)C=COC[C@H]1O. The van der Waals surface area contributed by atoms with Gasteiger partial charge in [-0.3, -0.25) is 0 Å². The Labute approximate surface area is 84.1 Å². The number of hydrogen-bond donors (Lipinski definition) is 2. The first kappa shape index (κ1) is 11.5. The molecule has 1 unspecified atom stereocenters. The first-order valence-electron chi connectivity index (χ1n) is 4.76. The van der Waals surface area contributed by atoms with E-state index in [1.54, 1.807) is 19.9 Å². The zero-order chi connectivity index (χ0) is 10.8. The van der Waals surface area contributed by atoms with Crippen LogP contribution in [0, 0.1) is 5.92 Å². The summed E-state index contributed by atoms with van der Waals surface area (Å²) in [6.45, 7) is 5.25. The molecule has 0 bridgehead atoms. The number of aliphatic hydroxyl groups excluding tert-OH is 1. The van der Waals surface area contributed by atoms with Crippen LogP contribution in [-0.4, -0.2) is 34.8 Å². The molecular formula is C10H18O4. The Morgan fingerprint density at radius 2 is 2.14 bits per heavy atom. The predicted octanol–water partition coefficient (Wildman–Crippen LogP) is 0.641. The second-order valence-electron chi connectivity index (χ2n) is 4.12. The Kier molecular flexibility index (Phi) is 3.53. The van der Waals surface area contributed by atoms with E-state index < -0.39 is 11.9 Å². The number of aliphatic hydroxyl groups is 2. The second-order valence-corrected chi connectivity index (χ2v) is 4.12. The van der Waals surface area contributed by atoms with Gasteiger partial charge in [-0.1, -0.05) is 6.92 Å². The largest absolute Gasteiger partial charge is 0.499 e. The third-order valence-corrected chi connectivity index (χ3v) is 2.18. The summed E-state index contributed by atoms with van der Waals surface area (Å²) in [5, 5.41) is 19.1. The van der Waals surface area contributed by atoms with Crippen molar-refractivity contribution < 1.29 is 19.7 Å². The zero-order valence-corrected chi connectivity index (χ0v) is 8.80. The first-order chi connectivity index (χ1) is 6.40. The molecule has 0 amide bonds. The summed E-state index contributed by atoms with van der Waals surface area (Å²) in [5.74, 6) is -1.30. The normalized spacial score (nSPS) is 33.6. The van der Waals surface area contributed by atoms with Gasteiger partial charge in [0.15, 0.2) is 5.79 Å². The van der Waals surface area contributed by atoms with Crippen molar-refractivity contribution in [2.75, 3.05) is 6.61 Å². The Bertz CT molecular complexity index is 207. The summed E-state index contributed by atoms with van der Waals surface area (Å²) in [6, 6.07) is 0.